The molecule has 0 radical (unpaired) electrons. The molecule has 1 unspecified atom stereocenters. The number of carbonyl (C=O) groups excluding carboxylic acids is 2. The number of rotatable bonds is 7. The Hall–Kier alpha value is -2.91. The number of primary sulfonamides is 1. The van der Waals surface area contributed by atoms with Crippen LogP contribution in [0.1, 0.15) is 52.9 Å². The van der Waals surface area contributed by atoms with Gasteiger partial charge in [-0.2, -0.15) is 0 Å². The number of hydrogen-bond donors (Lipinski definition) is 2. The Labute approximate surface area is 181 Å². The molecule has 0 heterocycles. The van der Waals surface area contributed by atoms with E-state index in [4.69, 9.17) is 14.6 Å². The van der Waals surface area contributed by atoms with Gasteiger partial charge in [-0.15, -0.1) is 0 Å². The molecule has 2 aromatic carbocycles. The number of aryl methyl sites for hydroxylation is 2. The van der Waals surface area contributed by atoms with Crippen molar-refractivity contribution in [3.8, 4) is 5.75 Å². The quantitative estimate of drug-likeness (QED) is 0.629. The number of esters is 1. The van der Waals surface area contributed by atoms with Gasteiger partial charge in [0.15, 0.2) is 6.61 Å². The summed E-state index contributed by atoms with van der Waals surface area (Å²) in [6, 6.07) is 9.56. The third-order valence-corrected chi connectivity index (χ3v) is 6.21. The van der Waals surface area contributed by atoms with Crippen LogP contribution in [0.25, 0.3) is 0 Å². The van der Waals surface area contributed by atoms with Crippen LogP contribution in [0.3, 0.4) is 0 Å². The second-order valence-electron chi connectivity index (χ2n) is 7.51. The zero-order valence-corrected chi connectivity index (χ0v) is 18.3. The zero-order chi connectivity index (χ0) is 22.6. The minimum absolute atomic E-state index is 0.111. The summed E-state index contributed by atoms with van der Waals surface area (Å²) in [6.45, 7) is 1.35. The number of hydrogen-bond acceptors (Lipinski definition) is 6. The number of nitrogens with two attached hydrogens (primary N) is 1. The van der Waals surface area contributed by atoms with Gasteiger partial charge in [0.1, 0.15) is 11.3 Å². The first-order chi connectivity index (χ1) is 14.7. The molecule has 8 nitrogen and oxygen atoms in total. The molecule has 9 heteroatoms. The molecule has 0 spiro atoms. The summed E-state index contributed by atoms with van der Waals surface area (Å²) in [4.78, 5) is 24.4. The van der Waals surface area contributed by atoms with Crippen LogP contribution in [0.15, 0.2) is 41.3 Å². The molecule has 0 aromatic heterocycles. The molecule has 0 aliphatic heterocycles. The van der Waals surface area contributed by atoms with Crippen molar-refractivity contribution in [2.45, 2.75) is 43.5 Å². The third kappa shape index (κ3) is 5.62. The lowest BCUT2D eigenvalue weighted by Crippen LogP contribution is -2.31. The summed E-state index contributed by atoms with van der Waals surface area (Å²) in [5.74, 6) is -1.25. The van der Waals surface area contributed by atoms with E-state index in [0.29, 0.717) is 0 Å². The van der Waals surface area contributed by atoms with Gasteiger partial charge in [-0.3, -0.25) is 4.79 Å². The van der Waals surface area contributed by atoms with Gasteiger partial charge in [-0.05, 0) is 67.5 Å². The van der Waals surface area contributed by atoms with Crippen LogP contribution in [-0.4, -0.2) is 34.0 Å². The number of benzene rings is 2. The van der Waals surface area contributed by atoms with Gasteiger partial charge in [0, 0.05) is 0 Å². The Bertz CT molecular complexity index is 1100. The van der Waals surface area contributed by atoms with Crippen molar-refractivity contribution in [3.05, 3.63) is 58.7 Å². The van der Waals surface area contributed by atoms with Crippen molar-refractivity contribution in [2.24, 2.45) is 5.14 Å². The molecular formula is C22H26N2O6S. The molecule has 3 rings (SSSR count). The molecule has 0 bridgehead atoms. The van der Waals surface area contributed by atoms with Gasteiger partial charge in [-0.25, -0.2) is 18.4 Å². The van der Waals surface area contributed by atoms with Crippen LogP contribution in [0, 0.1) is 0 Å². The van der Waals surface area contributed by atoms with E-state index in [-0.39, 0.29) is 22.3 Å². The molecule has 0 saturated carbocycles. The van der Waals surface area contributed by atoms with E-state index in [1.54, 1.807) is 0 Å². The first-order valence-electron chi connectivity index (χ1n) is 9.98. The fourth-order valence-electron chi connectivity index (χ4n) is 3.62. The maximum absolute atomic E-state index is 12.4. The molecule has 1 aliphatic rings. The molecule has 1 aliphatic carbocycles. The second kappa shape index (κ2) is 9.49. The molecule has 0 fully saturated rings. The van der Waals surface area contributed by atoms with Crippen molar-refractivity contribution in [2.75, 3.05) is 13.7 Å². The van der Waals surface area contributed by atoms with Gasteiger partial charge in [0.2, 0.25) is 10.0 Å². The third-order valence-electron chi connectivity index (χ3n) is 5.30. The van der Waals surface area contributed by atoms with Crippen LogP contribution < -0.4 is 15.2 Å². The summed E-state index contributed by atoms with van der Waals surface area (Å²) in [7, 11) is -2.68. The summed E-state index contributed by atoms with van der Waals surface area (Å²) >= 11 is 0. The molecule has 31 heavy (non-hydrogen) atoms. The number of sulfonamides is 1. The highest BCUT2D eigenvalue weighted by atomic mass is 32.2. The normalized spacial score (nSPS) is 14.3. The summed E-state index contributed by atoms with van der Waals surface area (Å²) < 4.78 is 33.2. The second-order valence-corrected chi connectivity index (χ2v) is 9.07. The standard InChI is InChI=1S/C22H26N2O6S/c1-14(16-8-7-15-5-3-4-6-17(15)11-16)24-21(25)13-30-22(26)19-12-18(31(23,27)28)9-10-20(19)29-2/h7-12,14H,3-6,13H2,1-2H3,(H,24,25)(H2,23,27,28). The number of methoxy groups -OCH3 is 1. The first kappa shape index (κ1) is 22.8. The lowest BCUT2D eigenvalue weighted by atomic mass is 9.89. The Balaban J connectivity index is 1.62. The largest absolute Gasteiger partial charge is 0.496 e. The van der Waals surface area contributed by atoms with Gasteiger partial charge < -0.3 is 14.8 Å². The smallest absolute Gasteiger partial charge is 0.342 e. The van der Waals surface area contributed by atoms with Gasteiger partial charge in [0.05, 0.1) is 18.0 Å². The molecule has 2 aromatic rings. The molecule has 166 valence electrons. The van der Waals surface area contributed by atoms with Crippen LogP contribution in [-0.2, 0) is 32.4 Å². The van der Waals surface area contributed by atoms with Crippen molar-refractivity contribution in [1.29, 1.82) is 0 Å². The van der Waals surface area contributed by atoms with Crippen molar-refractivity contribution in [1.82, 2.24) is 5.32 Å². The fraction of sp³-hybridized carbons (Fsp3) is 0.364. The van der Waals surface area contributed by atoms with Gasteiger partial charge in [-0.1, -0.05) is 18.2 Å². The van der Waals surface area contributed by atoms with Crippen LogP contribution in [0.2, 0.25) is 0 Å². The highest BCUT2D eigenvalue weighted by molar-refractivity contribution is 7.89. The lowest BCUT2D eigenvalue weighted by Gasteiger charge is -2.20. The van der Waals surface area contributed by atoms with Gasteiger partial charge in [0.25, 0.3) is 5.91 Å². The van der Waals surface area contributed by atoms with E-state index in [1.807, 2.05) is 13.0 Å². The number of nitrogens with one attached hydrogen (secondary N) is 1. The number of amides is 1. The Kier molecular flexibility index (Phi) is 6.97. The zero-order valence-electron chi connectivity index (χ0n) is 17.5. The van der Waals surface area contributed by atoms with Crippen molar-refractivity contribution < 1.29 is 27.5 Å². The van der Waals surface area contributed by atoms with Gasteiger partial charge >= 0.3 is 5.97 Å². The SMILES string of the molecule is COc1ccc(S(N)(=O)=O)cc1C(=O)OCC(=O)NC(C)c1ccc2c(c1)CCCC2. The molecular weight excluding hydrogens is 420 g/mol. The minimum atomic E-state index is -4.01. The number of ether oxygens (including phenoxy) is 2. The van der Waals surface area contributed by atoms with E-state index < -0.39 is 28.5 Å². The highest BCUT2D eigenvalue weighted by Gasteiger charge is 2.20. The van der Waals surface area contributed by atoms with E-state index >= 15 is 0 Å². The van der Waals surface area contributed by atoms with Crippen LogP contribution >= 0.6 is 0 Å². The van der Waals surface area contributed by atoms with Crippen molar-refractivity contribution >= 4 is 21.9 Å². The number of fused-ring (bicyclic) bond motifs is 1. The molecule has 3 N–H and O–H groups in total. The summed E-state index contributed by atoms with van der Waals surface area (Å²) in [6.07, 6.45) is 4.50. The highest BCUT2D eigenvalue weighted by Crippen LogP contribution is 2.25. The molecule has 1 atom stereocenters. The van der Waals surface area contributed by atoms with Crippen LogP contribution in [0.5, 0.6) is 5.75 Å². The average molecular weight is 447 g/mol. The topological polar surface area (TPSA) is 125 Å². The lowest BCUT2D eigenvalue weighted by molar-refractivity contribution is -0.124. The van der Waals surface area contributed by atoms with E-state index in [1.165, 1.54) is 43.2 Å². The van der Waals surface area contributed by atoms with E-state index in [2.05, 4.69) is 17.4 Å². The maximum atomic E-state index is 12.4. The van der Waals surface area contributed by atoms with E-state index in [0.717, 1.165) is 24.5 Å². The Morgan fingerprint density at radius 1 is 1.10 bits per heavy atom. The maximum Gasteiger partial charge on any atom is 0.342 e. The molecule has 0 saturated heterocycles. The monoisotopic (exact) mass is 446 g/mol. The minimum Gasteiger partial charge on any atom is -0.496 e. The van der Waals surface area contributed by atoms with Crippen molar-refractivity contribution in [3.63, 3.8) is 0 Å². The first-order valence-corrected chi connectivity index (χ1v) is 11.5. The number of carbonyl (C=O) groups is 2. The van der Waals surface area contributed by atoms with Crippen LogP contribution in [0.4, 0.5) is 0 Å². The Morgan fingerprint density at radius 2 is 1.81 bits per heavy atom. The molecule has 1 amide bonds. The van der Waals surface area contributed by atoms with E-state index in [9.17, 15) is 18.0 Å². The average Bonchev–Trinajstić information content (AvgIpc) is 2.75. The summed E-state index contributed by atoms with van der Waals surface area (Å²) in [5.41, 5.74) is 3.53. The predicted octanol–water partition coefficient (Wildman–Crippen LogP) is 2.26. The predicted molar refractivity (Wildman–Crippen MR) is 114 cm³/mol. The summed E-state index contributed by atoms with van der Waals surface area (Å²) in [5, 5.41) is 7.92. The fourth-order valence-corrected chi connectivity index (χ4v) is 4.16. The Morgan fingerprint density at radius 3 is 2.48 bits per heavy atom.